The molecule has 2 aromatic rings. The lowest BCUT2D eigenvalue weighted by atomic mass is 10.3. The van der Waals surface area contributed by atoms with Crippen LogP contribution in [0, 0.1) is 0 Å². The monoisotopic (exact) mass is 315 g/mol. The second kappa shape index (κ2) is 6.58. The van der Waals surface area contributed by atoms with Gasteiger partial charge in [0.15, 0.2) is 0 Å². The summed E-state index contributed by atoms with van der Waals surface area (Å²) in [5, 5.41) is 4.63. The fourth-order valence-corrected chi connectivity index (χ4v) is 1.91. The SMILES string of the molecule is CCOC(=O)C(Oc1ccc(Cl)cc1Cl)n1cncn1. The molecule has 106 valence electrons. The number of ether oxygens (including phenoxy) is 2. The van der Waals surface area contributed by atoms with Crippen LogP contribution in [0.5, 0.6) is 5.75 Å². The summed E-state index contributed by atoms with van der Waals surface area (Å²) in [6.07, 6.45) is 1.54. The third-order valence-corrected chi connectivity index (χ3v) is 2.83. The van der Waals surface area contributed by atoms with Crippen LogP contribution in [-0.4, -0.2) is 27.3 Å². The summed E-state index contributed by atoms with van der Waals surface area (Å²) in [6, 6.07) is 4.68. The molecule has 0 radical (unpaired) electrons. The van der Waals surface area contributed by atoms with Crippen molar-refractivity contribution in [2.75, 3.05) is 6.61 Å². The normalized spacial score (nSPS) is 11.9. The van der Waals surface area contributed by atoms with Gasteiger partial charge in [-0.3, -0.25) is 0 Å². The molecule has 1 unspecified atom stereocenters. The van der Waals surface area contributed by atoms with Gasteiger partial charge in [-0.25, -0.2) is 14.5 Å². The third kappa shape index (κ3) is 3.40. The van der Waals surface area contributed by atoms with E-state index in [0.29, 0.717) is 10.8 Å². The first-order valence-corrected chi connectivity index (χ1v) is 6.50. The number of aromatic nitrogens is 3. The van der Waals surface area contributed by atoms with E-state index < -0.39 is 12.2 Å². The average molecular weight is 316 g/mol. The average Bonchev–Trinajstić information content (AvgIpc) is 2.91. The Kier molecular flexibility index (Phi) is 4.81. The second-order valence-corrected chi connectivity index (χ2v) is 4.52. The van der Waals surface area contributed by atoms with E-state index in [-0.39, 0.29) is 11.6 Å². The zero-order valence-electron chi connectivity index (χ0n) is 10.5. The number of halogens is 2. The standard InChI is InChI=1S/C12H11Cl2N3O3/c1-2-19-12(18)11(17-7-15-6-16-17)20-10-4-3-8(13)5-9(10)14/h3-7,11H,2H2,1H3. The Morgan fingerprint density at radius 2 is 2.25 bits per heavy atom. The van der Waals surface area contributed by atoms with Crippen LogP contribution in [0.25, 0.3) is 0 Å². The number of carbonyl (C=O) groups excluding carboxylic acids is 1. The second-order valence-electron chi connectivity index (χ2n) is 3.67. The fourth-order valence-electron chi connectivity index (χ4n) is 1.45. The van der Waals surface area contributed by atoms with Crippen LogP contribution in [-0.2, 0) is 9.53 Å². The molecule has 8 heteroatoms. The summed E-state index contributed by atoms with van der Waals surface area (Å²) < 4.78 is 11.7. The Hall–Kier alpha value is -1.79. The van der Waals surface area contributed by atoms with Crippen LogP contribution in [0.4, 0.5) is 0 Å². The van der Waals surface area contributed by atoms with Crippen LogP contribution in [0.1, 0.15) is 13.2 Å². The molecule has 1 heterocycles. The maximum absolute atomic E-state index is 11.9. The fraction of sp³-hybridized carbons (Fsp3) is 0.250. The molecule has 0 fully saturated rings. The molecular weight excluding hydrogens is 305 g/mol. The summed E-state index contributed by atoms with van der Waals surface area (Å²) in [6.45, 7) is 1.92. The van der Waals surface area contributed by atoms with E-state index >= 15 is 0 Å². The van der Waals surface area contributed by atoms with E-state index in [4.69, 9.17) is 32.7 Å². The highest BCUT2D eigenvalue weighted by molar-refractivity contribution is 6.35. The number of carbonyl (C=O) groups is 1. The Labute approximate surface area is 125 Å². The predicted octanol–water partition coefficient (Wildman–Crippen LogP) is 2.73. The quantitative estimate of drug-likeness (QED) is 0.794. The first-order chi connectivity index (χ1) is 9.61. The molecule has 0 aliphatic rings. The zero-order valence-corrected chi connectivity index (χ0v) is 12.0. The highest BCUT2D eigenvalue weighted by Gasteiger charge is 2.25. The number of esters is 1. The molecular formula is C12H11Cl2N3O3. The van der Waals surface area contributed by atoms with Gasteiger partial charge in [0.1, 0.15) is 18.4 Å². The van der Waals surface area contributed by atoms with E-state index in [1.54, 1.807) is 19.1 Å². The topological polar surface area (TPSA) is 66.2 Å². The number of hydrogen-bond acceptors (Lipinski definition) is 5. The molecule has 0 N–H and O–H groups in total. The van der Waals surface area contributed by atoms with Gasteiger partial charge in [-0.2, -0.15) is 5.10 Å². The molecule has 1 aromatic carbocycles. The van der Waals surface area contributed by atoms with Crippen molar-refractivity contribution in [3.05, 3.63) is 40.9 Å². The number of rotatable bonds is 5. The Balaban J connectivity index is 2.26. The van der Waals surface area contributed by atoms with Crippen molar-refractivity contribution in [1.29, 1.82) is 0 Å². The van der Waals surface area contributed by atoms with Gasteiger partial charge in [-0.1, -0.05) is 23.2 Å². The zero-order chi connectivity index (χ0) is 14.5. The van der Waals surface area contributed by atoms with E-state index in [1.807, 2.05) is 0 Å². The summed E-state index contributed by atoms with van der Waals surface area (Å²) >= 11 is 11.8. The minimum Gasteiger partial charge on any atom is -0.462 e. The lowest BCUT2D eigenvalue weighted by Gasteiger charge is -2.18. The minimum absolute atomic E-state index is 0.224. The van der Waals surface area contributed by atoms with E-state index in [9.17, 15) is 4.79 Å². The largest absolute Gasteiger partial charge is 0.462 e. The van der Waals surface area contributed by atoms with Crippen molar-refractivity contribution in [1.82, 2.24) is 14.8 Å². The minimum atomic E-state index is -1.10. The van der Waals surface area contributed by atoms with Crippen LogP contribution >= 0.6 is 23.2 Å². The highest BCUT2D eigenvalue weighted by atomic mass is 35.5. The summed E-state index contributed by atoms with van der Waals surface area (Å²) in [5.74, 6) is -0.298. The number of hydrogen-bond donors (Lipinski definition) is 0. The molecule has 20 heavy (non-hydrogen) atoms. The summed E-state index contributed by atoms with van der Waals surface area (Å²) in [5.41, 5.74) is 0. The van der Waals surface area contributed by atoms with E-state index in [2.05, 4.69) is 10.1 Å². The lowest BCUT2D eigenvalue weighted by molar-refractivity contribution is -0.156. The van der Waals surface area contributed by atoms with Crippen molar-refractivity contribution >= 4 is 29.2 Å². The van der Waals surface area contributed by atoms with Gasteiger partial charge in [-0.15, -0.1) is 0 Å². The molecule has 0 saturated heterocycles. The molecule has 1 atom stereocenters. The van der Waals surface area contributed by atoms with Gasteiger partial charge in [0.05, 0.1) is 11.6 Å². The Morgan fingerprint density at radius 1 is 1.45 bits per heavy atom. The van der Waals surface area contributed by atoms with Gasteiger partial charge in [0.2, 0.25) is 0 Å². The van der Waals surface area contributed by atoms with Crippen LogP contribution < -0.4 is 4.74 Å². The number of nitrogens with zero attached hydrogens (tertiary/aromatic N) is 3. The molecule has 0 bridgehead atoms. The summed E-state index contributed by atoms with van der Waals surface area (Å²) in [7, 11) is 0. The third-order valence-electron chi connectivity index (χ3n) is 2.30. The molecule has 1 aromatic heterocycles. The highest BCUT2D eigenvalue weighted by Crippen LogP contribution is 2.30. The first-order valence-electron chi connectivity index (χ1n) is 5.74. The molecule has 0 spiro atoms. The van der Waals surface area contributed by atoms with Gasteiger partial charge in [0.25, 0.3) is 6.23 Å². The molecule has 2 rings (SSSR count). The molecule has 0 saturated carbocycles. The predicted molar refractivity (Wildman–Crippen MR) is 72.8 cm³/mol. The molecule has 6 nitrogen and oxygen atoms in total. The summed E-state index contributed by atoms with van der Waals surface area (Å²) in [4.78, 5) is 15.7. The van der Waals surface area contributed by atoms with Gasteiger partial charge < -0.3 is 9.47 Å². The molecule has 0 aliphatic heterocycles. The van der Waals surface area contributed by atoms with Gasteiger partial charge in [-0.05, 0) is 25.1 Å². The van der Waals surface area contributed by atoms with Gasteiger partial charge in [0, 0.05) is 5.02 Å². The van der Waals surface area contributed by atoms with Crippen LogP contribution in [0.2, 0.25) is 10.0 Å². The Bertz CT molecular complexity index is 590. The first kappa shape index (κ1) is 14.6. The van der Waals surface area contributed by atoms with Gasteiger partial charge >= 0.3 is 5.97 Å². The lowest BCUT2D eigenvalue weighted by Crippen LogP contribution is -2.27. The van der Waals surface area contributed by atoms with Crippen molar-refractivity contribution in [2.45, 2.75) is 13.2 Å². The maximum atomic E-state index is 11.9. The smallest absolute Gasteiger partial charge is 0.371 e. The van der Waals surface area contributed by atoms with E-state index in [1.165, 1.54) is 23.4 Å². The maximum Gasteiger partial charge on any atom is 0.371 e. The molecule has 0 amide bonds. The van der Waals surface area contributed by atoms with Crippen LogP contribution in [0.3, 0.4) is 0 Å². The van der Waals surface area contributed by atoms with Crippen molar-refractivity contribution in [2.24, 2.45) is 0 Å². The number of benzene rings is 1. The Morgan fingerprint density at radius 3 is 2.85 bits per heavy atom. The molecule has 0 aliphatic carbocycles. The van der Waals surface area contributed by atoms with Crippen molar-refractivity contribution in [3.63, 3.8) is 0 Å². The van der Waals surface area contributed by atoms with E-state index in [0.717, 1.165) is 0 Å². The van der Waals surface area contributed by atoms with Crippen LogP contribution in [0.15, 0.2) is 30.9 Å². The van der Waals surface area contributed by atoms with Crippen molar-refractivity contribution in [3.8, 4) is 5.75 Å². The van der Waals surface area contributed by atoms with Crippen molar-refractivity contribution < 1.29 is 14.3 Å².